The molecule has 2 N–H and O–H groups in total. The number of aliphatic hydroxyl groups excluding tert-OH is 1. The zero-order valence-electron chi connectivity index (χ0n) is 11.5. The van der Waals surface area contributed by atoms with Crippen LogP contribution in [0.15, 0.2) is 23.0 Å². The number of amides is 1. The number of nitrogens with one attached hydrogen (secondary N) is 1. The van der Waals surface area contributed by atoms with E-state index in [2.05, 4.69) is 5.32 Å². The highest BCUT2D eigenvalue weighted by Crippen LogP contribution is 2.26. The van der Waals surface area contributed by atoms with Crippen LogP contribution in [0.1, 0.15) is 24.4 Å². The fourth-order valence-corrected chi connectivity index (χ4v) is 3.00. The number of aryl methyl sites for hydroxylation is 2. The number of carbonyl (C=O) groups excluding carboxylic acids is 1. The molecule has 0 aliphatic carbocycles. The number of rotatable bonds is 1. The number of hydrogen-bond donors (Lipinski definition) is 2. The summed E-state index contributed by atoms with van der Waals surface area (Å²) < 4.78 is 3.18. The molecule has 3 rings (SSSR count). The van der Waals surface area contributed by atoms with Crippen LogP contribution in [0.3, 0.4) is 0 Å². The standard InChI is InChI=1S/C14H17N3O3/c1-8-4-3-5-9-12(8)16(2)14(20)17(9)10-6-7-11(18)15-13(10)19/h3-5,10,13,19H,6-7H2,1-2H3,(H,15,18). The number of hydrogen-bond acceptors (Lipinski definition) is 3. The maximum atomic E-state index is 12.5. The minimum Gasteiger partial charge on any atom is -0.372 e. The number of piperidine rings is 1. The van der Waals surface area contributed by atoms with Crippen molar-refractivity contribution in [2.75, 3.05) is 0 Å². The van der Waals surface area contributed by atoms with Gasteiger partial charge in [0.2, 0.25) is 5.91 Å². The van der Waals surface area contributed by atoms with Gasteiger partial charge in [-0.25, -0.2) is 4.79 Å². The largest absolute Gasteiger partial charge is 0.372 e. The molecular weight excluding hydrogens is 258 g/mol. The summed E-state index contributed by atoms with van der Waals surface area (Å²) in [5.74, 6) is -0.182. The van der Waals surface area contributed by atoms with Crippen LogP contribution in [-0.4, -0.2) is 26.4 Å². The van der Waals surface area contributed by atoms with Crippen LogP contribution < -0.4 is 11.0 Å². The van der Waals surface area contributed by atoms with E-state index >= 15 is 0 Å². The normalized spacial score (nSPS) is 23.1. The topological polar surface area (TPSA) is 76.3 Å². The molecule has 1 aromatic carbocycles. The highest BCUT2D eigenvalue weighted by atomic mass is 16.3. The van der Waals surface area contributed by atoms with Crippen LogP contribution in [0.5, 0.6) is 0 Å². The number of aromatic nitrogens is 2. The summed E-state index contributed by atoms with van der Waals surface area (Å²) in [4.78, 5) is 23.8. The van der Waals surface area contributed by atoms with Crippen molar-refractivity contribution in [3.8, 4) is 0 Å². The Hall–Kier alpha value is -2.08. The van der Waals surface area contributed by atoms with Crippen molar-refractivity contribution >= 4 is 16.9 Å². The van der Waals surface area contributed by atoms with Crippen LogP contribution in [-0.2, 0) is 11.8 Å². The fourth-order valence-electron chi connectivity index (χ4n) is 3.00. The van der Waals surface area contributed by atoms with Crippen molar-refractivity contribution in [1.82, 2.24) is 14.5 Å². The number of aliphatic hydroxyl groups is 1. The number of para-hydroxylation sites is 1. The Labute approximate surface area is 115 Å². The molecule has 0 radical (unpaired) electrons. The lowest BCUT2D eigenvalue weighted by molar-refractivity contribution is -0.128. The van der Waals surface area contributed by atoms with Gasteiger partial charge in [0.25, 0.3) is 0 Å². The van der Waals surface area contributed by atoms with Gasteiger partial charge in [-0.15, -0.1) is 0 Å². The summed E-state index contributed by atoms with van der Waals surface area (Å²) in [7, 11) is 1.72. The molecule has 2 heterocycles. The first-order valence-electron chi connectivity index (χ1n) is 6.64. The van der Waals surface area contributed by atoms with Crippen LogP contribution in [0.2, 0.25) is 0 Å². The zero-order chi connectivity index (χ0) is 14.4. The third-order valence-corrected chi connectivity index (χ3v) is 3.98. The van der Waals surface area contributed by atoms with E-state index in [0.717, 1.165) is 16.6 Å². The second kappa shape index (κ2) is 4.49. The number of fused-ring (bicyclic) bond motifs is 1. The molecule has 0 spiro atoms. The van der Waals surface area contributed by atoms with E-state index in [1.54, 1.807) is 16.2 Å². The van der Waals surface area contributed by atoms with Gasteiger partial charge in [-0.05, 0) is 25.0 Å². The van der Waals surface area contributed by atoms with Crippen molar-refractivity contribution in [2.24, 2.45) is 7.05 Å². The zero-order valence-corrected chi connectivity index (χ0v) is 11.5. The Morgan fingerprint density at radius 2 is 2.10 bits per heavy atom. The van der Waals surface area contributed by atoms with Crippen molar-refractivity contribution in [3.63, 3.8) is 0 Å². The Kier molecular flexibility index (Phi) is 2.90. The minimum absolute atomic E-state index is 0.172. The van der Waals surface area contributed by atoms with Crippen molar-refractivity contribution in [3.05, 3.63) is 34.2 Å². The Balaban J connectivity index is 2.22. The van der Waals surface area contributed by atoms with E-state index in [1.807, 2.05) is 25.1 Å². The molecule has 6 heteroatoms. The summed E-state index contributed by atoms with van der Waals surface area (Å²) in [6.45, 7) is 1.95. The fraction of sp³-hybridized carbons (Fsp3) is 0.429. The van der Waals surface area contributed by atoms with E-state index in [1.165, 1.54) is 0 Å². The Morgan fingerprint density at radius 3 is 2.80 bits per heavy atom. The van der Waals surface area contributed by atoms with Gasteiger partial charge in [0.1, 0.15) is 6.23 Å². The minimum atomic E-state index is -1.03. The molecule has 1 aliphatic heterocycles. The highest BCUT2D eigenvalue weighted by Gasteiger charge is 2.31. The summed E-state index contributed by atoms with van der Waals surface area (Å²) in [6, 6.07) is 5.28. The molecule has 2 aromatic rings. The molecule has 20 heavy (non-hydrogen) atoms. The molecule has 6 nitrogen and oxygen atoms in total. The first-order valence-corrected chi connectivity index (χ1v) is 6.64. The molecule has 106 valence electrons. The molecule has 2 unspecified atom stereocenters. The molecule has 0 saturated carbocycles. The second-order valence-corrected chi connectivity index (χ2v) is 5.27. The van der Waals surface area contributed by atoms with Gasteiger partial charge in [-0.1, -0.05) is 12.1 Å². The van der Waals surface area contributed by atoms with E-state index in [-0.39, 0.29) is 11.6 Å². The smallest absolute Gasteiger partial charge is 0.329 e. The summed E-state index contributed by atoms with van der Waals surface area (Å²) in [5, 5.41) is 12.5. The lowest BCUT2D eigenvalue weighted by atomic mass is 10.0. The van der Waals surface area contributed by atoms with Crippen molar-refractivity contribution in [2.45, 2.75) is 32.0 Å². The monoisotopic (exact) mass is 275 g/mol. The number of benzene rings is 1. The van der Waals surface area contributed by atoms with Crippen LogP contribution in [0, 0.1) is 6.92 Å². The lowest BCUT2D eigenvalue weighted by Gasteiger charge is -2.29. The van der Waals surface area contributed by atoms with Gasteiger partial charge < -0.3 is 10.4 Å². The van der Waals surface area contributed by atoms with Crippen LogP contribution >= 0.6 is 0 Å². The molecule has 1 saturated heterocycles. The van der Waals surface area contributed by atoms with Gasteiger partial charge in [-0.3, -0.25) is 13.9 Å². The van der Waals surface area contributed by atoms with Gasteiger partial charge in [0.05, 0.1) is 17.1 Å². The van der Waals surface area contributed by atoms with E-state index in [4.69, 9.17) is 0 Å². The van der Waals surface area contributed by atoms with E-state index in [9.17, 15) is 14.7 Å². The molecule has 1 aromatic heterocycles. The van der Waals surface area contributed by atoms with Gasteiger partial charge >= 0.3 is 5.69 Å². The first kappa shape index (κ1) is 12.9. The van der Waals surface area contributed by atoms with E-state index < -0.39 is 12.3 Å². The third-order valence-electron chi connectivity index (χ3n) is 3.98. The van der Waals surface area contributed by atoms with Crippen molar-refractivity contribution in [1.29, 1.82) is 0 Å². The summed E-state index contributed by atoms with van der Waals surface area (Å²) in [5.41, 5.74) is 2.49. The summed E-state index contributed by atoms with van der Waals surface area (Å²) >= 11 is 0. The quantitative estimate of drug-likeness (QED) is 0.792. The third kappa shape index (κ3) is 1.76. The molecule has 1 fully saturated rings. The number of carbonyl (C=O) groups is 1. The van der Waals surface area contributed by atoms with Crippen molar-refractivity contribution < 1.29 is 9.90 Å². The SMILES string of the molecule is Cc1cccc2c1n(C)c(=O)n2C1CCC(=O)NC1O. The molecule has 1 aliphatic rings. The van der Waals surface area contributed by atoms with Gasteiger partial charge in [-0.2, -0.15) is 0 Å². The number of nitrogens with zero attached hydrogens (tertiary/aromatic N) is 2. The van der Waals surface area contributed by atoms with E-state index in [0.29, 0.717) is 12.8 Å². The van der Waals surface area contributed by atoms with Gasteiger partial charge in [0, 0.05) is 13.5 Å². The average Bonchev–Trinajstić information content (AvgIpc) is 2.64. The highest BCUT2D eigenvalue weighted by molar-refractivity contribution is 5.80. The average molecular weight is 275 g/mol. The van der Waals surface area contributed by atoms with Crippen LogP contribution in [0.25, 0.3) is 11.0 Å². The molecular formula is C14H17N3O3. The maximum Gasteiger partial charge on any atom is 0.329 e. The Bertz CT molecular complexity index is 744. The first-order chi connectivity index (χ1) is 9.50. The molecule has 0 bridgehead atoms. The molecule has 2 atom stereocenters. The predicted molar refractivity (Wildman–Crippen MR) is 74.3 cm³/mol. The summed E-state index contributed by atoms with van der Waals surface area (Å²) in [6.07, 6.45) is -0.254. The number of imidazole rings is 1. The second-order valence-electron chi connectivity index (χ2n) is 5.27. The maximum absolute atomic E-state index is 12.5. The van der Waals surface area contributed by atoms with Crippen LogP contribution in [0.4, 0.5) is 0 Å². The molecule has 1 amide bonds. The lowest BCUT2D eigenvalue weighted by Crippen LogP contribution is -2.47. The predicted octanol–water partition coefficient (Wildman–Crippen LogP) is 0.418. The van der Waals surface area contributed by atoms with Gasteiger partial charge in [0.15, 0.2) is 0 Å². The Morgan fingerprint density at radius 1 is 1.35 bits per heavy atom.